The summed E-state index contributed by atoms with van der Waals surface area (Å²) in [6.45, 7) is 0. The molecule has 0 bridgehead atoms. The SMILES string of the molecule is NS(=O)(=O)c1ccc(NS(=O)(=O)CCC(=O)O)c(Br)c1. The zero-order valence-corrected chi connectivity index (χ0v) is 13.1. The molecule has 1 rings (SSSR count). The van der Waals surface area contributed by atoms with Gasteiger partial charge in [0.05, 0.1) is 22.8 Å². The maximum atomic E-state index is 11.6. The number of sulfonamides is 2. The highest BCUT2D eigenvalue weighted by molar-refractivity contribution is 9.10. The lowest BCUT2D eigenvalue weighted by Gasteiger charge is -2.09. The van der Waals surface area contributed by atoms with Gasteiger partial charge in [-0.05, 0) is 34.1 Å². The first-order valence-electron chi connectivity index (χ1n) is 5.06. The second kappa shape index (κ2) is 6.08. The normalized spacial score (nSPS) is 12.1. The quantitative estimate of drug-likeness (QED) is 0.641. The molecule has 0 aliphatic rings. The molecule has 112 valence electrons. The van der Waals surface area contributed by atoms with Crippen LogP contribution in [0.25, 0.3) is 0 Å². The Labute approximate surface area is 124 Å². The molecule has 11 heteroatoms. The largest absolute Gasteiger partial charge is 0.481 e. The van der Waals surface area contributed by atoms with Crippen molar-refractivity contribution in [1.82, 2.24) is 0 Å². The fourth-order valence-electron chi connectivity index (χ4n) is 1.20. The van der Waals surface area contributed by atoms with Crippen LogP contribution in [0.15, 0.2) is 27.6 Å². The minimum atomic E-state index is -3.89. The van der Waals surface area contributed by atoms with E-state index in [1.807, 2.05) is 0 Å². The Hall–Kier alpha value is -1.17. The Morgan fingerprint density at radius 2 is 1.90 bits per heavy atom. The summed E-state index contributed by atoms with van der Waals surface area (Å²) in [6.07, 6.45) is -0.539. The third-order valence-corrected chi connectivity index (χ3v) is 4.96. The van der Waals surface area contributed by atoms with Gasteiger partial charge in [0.25, 0.3) is 0 Å². The molecular weight excluding hydrogens is 376 g/mol. The van der Waals surface area contributed by atoms with Crippen molar-refractivity contribution < 1.29 is 26.7 Å². The third-order valence-electron chi connectivity index (χ3n) is 2.12. The van der Waals surface area contributed by atoms with E-state index in [4.69, 9.17) is 10.2 Å². The molecule has 4 N–H and O–H groups in total. The topological polar surface area (TPSA) is 144 Å². The molecule has 0 unspecified atom stereocenters. The predicted octanol–water partition coefficient (Wildman–Crippen LogP) is 0.313. The standard InChI is InChI=1S/C9H11BrN2O6S2/c10-7-5-6(20(11,17)18)1-2-8(7)12-19(15,16)4-3-9(13)14/h1-2,5,12H,3-4H2,(H,13,14)(H2,11,17,18). The number of carboxylic acids is 1. The van der Waals surface area contributed by atoms with E-state index >= 15 is 0 Å². The predicted molar refractivity (Wildman–Crippen MR) is 75.2 cm³/mol. The molecule has 0 atom stereocenters. The number of hydrogen-bond acceptors (Lipinski definition) is 5. The Bertz CT molecular complexity index is 729. The van der Waals surface area contributed by atoms with Gasteiger partial charge < -0.3 is 5.11 Å². The minimum Gasteiger partial charge on any atom is -0.481 e. The number of anilines is 1. The number of nitrogens with one attached hydrogen (secondary N) is 1. The summed E-state index contributed by atoms with van der Waals surface area (Å²) in [5.41, 5.74) is 0.0859. The Balaban J connectivity index is 2.97. The summed E-state index contributed by atoms with van der Waals surface area (Å²) in [6, 6.07) is 3.49. The zero-order chi connectivity index (χ0) is 15.6. The van der Waals surface area contributed by atoms with E-state index in [0.717, 1.165) is 12.1 Å². The number of rotatable bonds is 6. The van der Waals surface area contributed by atoms with Gasteiger partial charge in [0.15, 0.2) is 0 Å². The average Bonchev–Trinajstić information content (AvgIpc) is 2.28. The summed E-state index contributed by atoms with van der Waals surface area (Å²) in [4.78, 5) is 10.2. The van der Waals surface area contributed by atoms with Crippen LogP contribution < -0.4 is 9.86 Å². The Kier molecular flexibility index (Phi) is 5.13. The average molecular weight is 387 g/mol. The van der Waals surface area contributed by atoms with Crippen molar-refractivity contribution in [2.45, 2.75) is 11.3 Å². The van der Waals surface area contributed by atoms with Gasteiger partial charge in [0.2, 0.25) is 20.0 Å². The van der Waals surface area contributed by atoms with Crippen LogP contribution in [0.3, 0.4) is 0 Å². The minimum absolute atomic E-state index is 0.0859. The molecule has 1 aromatic carbocycles. The van der Waals surface area contributed by atoms with Crippen molar-refractivity contribution in [3.8, 4) is 0 Å². The van der Waals surface area contributed by atoms with Crippen molar-refractivity contribution in [3.63, 3.8) is 0 Å². The number of primary sulfonamides is 1. The molecule has 1 aromatic rings. The molecule has 0 aliphatic heterocycles. The first-order chi connectivity index (χ1) is 9.01. The fraction of sp³-hybridized carbons (Fsp3) is 0.222. The van der Waals surface area contributed by atoms with E-state index in [2.05, 4.69) is 20.7 Å². The van der Waals surface area contributed by atoms with Crippen molar-refractivity contribution in [2.24, 2.45) is 5.14 Å². The number of benzene rings is 1. The number of aliphatic carboxylic acids is 1. The van der Waals surface area contributed by atoms with Crippen LogP contribution in [0.5, 0.6) is 0 Å². The van der Waals surface area contributed by atoms with Gasteiger partial charge in [-0.25, -0.2) is 22.0 Å². The number of carbonyl (C=O) groups is 1. The van der Waals surface area contributed by atoms with E-state index in [1.54, 1.807) is 0 Å². The van der Waals surface area contributed by atoms with Crippen molar-refractivity contribution in [2.75, 3.05) is 10.5 Å². The van der Waals surface area contributed by atoms with Crippen LogP contribution in [-0.4, -0.2) is 33.7 Å². The molecule has 0 saturated carbocycles. The van der Waals surface area contributed by atoms with Gasteiger partial charge in [0, 0.05) is 4.47 Å². The van der Waals surface area contributed by atoms with Crippen LogP contribution in [0, 0.1) is 0 Å². The third kappa shape index (κ3) is 5.07. The highest BCUT2D eigenvalue weighted by Crippen LogP contribution is 2.26. The lowest BCUT2D eigenvalue weighted by molar-refractivity contribution is -0.136. The monoisotopic (exact) mass is 386 g/mol. The van der Waals surface area contributed by atoms with Gasteiger partial charge in [-0.1, -0.05) is 0 Å². The van der Waals surface area contributed by atoms with Crippen LogP contribution in [0.4, 0.5) is 5.69 Å². The first kappa shape index (κ1) is 16.9. The molecule has 0 heterocycles. The fourth-order valence-corrected chi connectivity index (χ4v) is 3.55. The molecule has 0 radical (unpaired) electrons. The van der Waals surface area contributed by atoms with E-state index in [9.17, 15) is 21.6 Å². The summed E-state index contributed by atoms with van der Waals surface area (Å²) >= 11 is 3.01. The maximum Gasteiger partial charge on any atom is 0.304 e. The van der Waals surface area contributed by atoms with Crippen molar-refractivity contribution >= 4 is 47.6 Å². The van der Waals surface area contributed by atoms with Crippen molar-refractivity contribution in [1.29, 1.82) is 0 Å². The van der Waals surface area contributed by atoms with Crippen LogP contribution >= 0.6 is 15.9 Å². The molecule has 0 aliphatic carbocycles. The number of nitrogens with two attached hydrogens (primary N) is 1. The van der Waals surface area contributed by atoms with Gasteiger partial charge >= 0.3 is 5.97 Å². The molecule has 0 fully saturated rings. The smallest absolute Gasteiger partial charge is 0.304 e. The molecule has 0 saturated heterocycles. The van der Waals surface area contributed by atoms with E-state index < -0.39 is 38.2 Å². The molecule has 0 aromatic heterocycles. The lowest BCUT2D eigenvalue weighted by atomic mass is 10.3. The van der Waals surface area contributed by atoms with Crippen LogP contribution in [0.1, 0.15) is 6.42 Å². The summed E-state index contributed by atoms with van der Waals surface area (Å²) < 4.78 is 47.7. The highest BCUT2D eigenvalue weighted by Gasteiger charge is 2.16. The number of carboxylic acid groups (broad SMARTS) is 1. The van der Waals surface area contributed by atoms with Crippen LogP contribution in [0.2, 0.25) is 0 Å². The highest BCUT2D eigenvalue weighted by atomic mass is 79.9. The lowest BCUT2D eigenvalue weighted by Crippen LogP contribution is -2.19. The maximum absolute atomic E-state index is 11.6. The molecule has 0 spiro atoms. The van der Waals surface area contributed by atoms with Gasteiger partial charge in [-0.3, -0.25) is 9.52 Å². The van der Waals surface area contributed by atoms with Gasteiger partial charge in [-0.2, -0.15) is 0 Å². The first-order valence-corrected chi connectivity index (χ1v) is 9.05. The Morgan fingerprint density at radius 3 is 2.35 bits per heavy atom. The second-order valence-corrected chi connectivity index (χ2v) is 8.01. The summed E-state index contributed by atoms with van der Waals surface area (Å²) in [7, 11) is -7.73. The Morgan fingerprint density at radius 1 is 1.30 bits per heavy atom. The van der Waals surface area contributed by atoms with E-state index in [1.165, 1.54) is 6.07 Å². The van der Waals surface area contributed by atoms with Gasteiger partial charge in [-0.15, -0.1) is 0 Å². The number of hydrogen-bond donors (Lipinski definition) is 3. The summed E-state index contributed by atoms with van der Waals surface area (Å²) in [5.74, 6) is -1.83. The van der Waals surface area contributed by atoms with E-state index in [0.29, 0.717) is 0 Å². The molecule has 8 nitrogen and oxygen atoms in total. The van der Waals surface area contributed by atoms with Gasteiger partial charge in [0.1, 0.15) is 0 Å². The zero-order valence-electron chi connectivity index (χ0n) is 9.91. The summed E-state index contributed by atoms with van der Waals surface area (Å²) in [5, 5.41) is 13.4. The molecular formula is C9H11BrN2O6S2. The number of halogens is 1. The van der Waals surface area contributed by atoms with Crippen molar-refractivity contribution in [3.05, 3.63) is 22.7 Å². The van der Waals surface area contributed by atoms with E-state index in [-0.39, 0.29) is 15.1 Å². The molecule has 0 amide bonds. The van der Waals surface area contributed by atoms with Crippen LogP contribution in [-0.2, 0) is 24.8 Å². The second-order valence-electron chi connectivity index (χ2n) is 3.75. The molecule has 20 heavy (non-hydrogen) atoms.